The van der Waals surface area contributed by atoms with Crippen molar-refractivity contribution in [2.45, 2.75) is 53.4 Å². The predicted molar refractivity (Wildman–Crippen MR) is 143 cm³/mol. The first-order chi connectivity index (χ1) is 16.4. The number of halogens is 2. The Labute approximate surface area is 220 Å². The fourth-order valence-electron chi connectivity index (χ4n) is 3.19. The van der Waals surface area contributed by atoms with Crippen LogP contribution < -0.4 is 5.32 Å². The molecule has 1 aliphatic rings. The van der Waals surface area contributed by atoms with Crippen molar-refractivity contribution in [3.63, 3.8) is 0 Å². The number of amides is 2. The lowest BCUT2D eigenvalue weighted by Gasteiger charge is -2.17. The summed E-state index contributed by atoms with van der Waals surface area (Å²) in [6.07, 6.45) is 4.28. The molecule has 9 heteroatoms. The zero-order valence-corrected chi connectivity index (χ0v) is 22.7. The van der Waals surface area contributed by atoms with Crippen molar-refractivity contribution in [3.05, 3.63) is 49.6 Å². The van der Waals surface area contributed by atoms with E-state index in [4.69, 9.17) is 23.2 Å². The highest BCUT2D eigenvalue weighted by atomic mass is 35.5. The number of anilines is 1. The van der Waals surface area contributed by atoms with Gasteiger partial charge in [0.05, 0.1) is 21.2 Å². The summed E-state index contributed by atoms with van der Waals surface area (Å²) >= 11 is 12.8. The monoisotopic (exact) mass is 536 g/mol. The van der Waals surface area contributed by atoms with E-state index in [0.717, 1.165) is 37.3 Å². The molecule has 1 saturated heterocycles. The second kappa shape index (κ2) is 13.0. The lowest BCUT2D eigenvalue weighted by molar-refractivity contribution is -0.130. The largest absolute Gasteiger partial charge is 0.477 e. The number of thiophene rings is 1. The number of rotatable bonds is 4. The van der Waals surface area contributed by atoms with Crippen LogP contribution in [0.15, 0.2) is 24.3 Å². The average molecular weight is 538 g/mol. The molecule has 0 bridgehead atoms. The maximum Gasteiger partial charge on any atom is 0.348 e. The van der Waals surface area contributed by atoms with Crippen LogP contribution in [0.5, 0.6) is 0 Å². The van der Waals surface area contributed by atoms with Crippen LogP contribution in [0.3, 0.4) is 0 Å². The van der Waals surface area contributed by atoms with Crippen LogP contribution in [0.4, 0.5) is 5.69 Å². The third-order valence-corrected chi connectivity index (χ3v) is 6.55. The van der Waals surface area contributed by atoms with E-state index in [2.05, 4.69) is 17.2 Å². The lowest BCUT2D eigenvalue weighted by atomic mass is 9.98. The molecular formula is C26H30Cl2N2O4S. The van der Waals surface area contributed by atoms with Crippen molar-refractivity contribution in [2.75, 3.05) is 18.4 Å². The van der Waals surface area contributed by atoms with Crippen molar-refractivity contribution in [2.24, 2.45) is 5.41 Å². The molecular weight excluding hydrogens is 507 g/mol. The summed E-state index contributed by atoms with van der Waals surface area (Å²) in [4.78, 5) is 37.5. The lowest BCUT2D eigenvalue weighted by Crippen LogP contribution is -2.29. The zero-order valence-electron chi connectivity index (χ0n) is 20.3. The Morgan fingerprint density at radius 3 is 2.49 bits per heavy atom. The molecule has 1 aliphatic heterocycles. The second-order valence-electron chi connectivity index (χ2n) is 9.02. The van der Waals surface area contributed by atoms with Crippen LogP contribution in [-0.2, 0) is 4.79 Å². The molecule has 0 saturated carbocycles. The molecule has 2 aromatic rings. The van der Waals surface area contributed by atoms with Crippen LogP contribution in [0.25, 0.3) is 0 Å². The van der Waals surface area contributed by atoms with Crippen LogP contribution in [-0.4, -0.2) is 40.9 Å². The highest BCUT2D eigenvalue weighted by Gasteiger charge is 2.19. The van der Waals surface area contributed by atoms with Gasteiger partial charge >= 0.3 is 5.97 Å². The molecule has 188 valence electrons. The summed E-state index contributed by atoms with van der Waals surface area (Å²) in [6.45, 7) is 9.78. The van der Waals surface area contributed by atoms with E-state index < -0.39 is 11.9 Å². The number of aromatic carboxylic acids is 1. The molecule has 3 rings (SSSR count). The van der Waals surface area contributed by atoms with E-state index in [0.29, 0.717) is 15.8 Å². The van der Waals surface area contributed by atoms with Gasteiger partial charge in [-0.05, 0) is 64.8 Å². The van der Waals surface area contributed by atoms with Gasteiger partial charge in [-0.2, -0.15) is 0 Å². The molecule has 1 aromatic heterocycles. The minimum atomic E-state index is -1.13. The number of carbonyl (C=O) groups excluding carboxylic acids is 2. The quantitative estimate of drug-likeness (QED) is 0.420. The van der Waals surface area contributed by atoms with Crippen molar-refractivity contribution in [1.29, 1.82) is 0 Å². The van der Waals surface area contributed by atoms with Crippen molar-refractivity contribution < 1.29 is 19.5 Å². The Kier molecular flexibility index (Phi) is 10.6. The number of hydrogen-bond acceptors (Lipinski definition) is 4. The van der Waals surface area contributed by atoms with Gasteiger partial charge in [0.2, 0.25) is 5.91 Å². The van der Waals surface area contributed by atoms with Gasteiger partial charge in [0.15, 0.2) is 0 Å². The van der Waals surface area contributed by atoms with E-state index in [1.54, 1.807) is 6.07 Å². The van der Waals surface area contributed by atoms with Crippen LogP contribution in [0.2, 0.25) is 10.0 Å². The molecule has 0 atom stereocenters. The molecule has 1 aromatic carbocycles. The number of carbonyl (C=O) groups is 3. The van der Waals surface area contributed by atoms with Crippen LogP contribution >= 0.6 is 34.5 Å². The number of carboxylic acid groups (broad SMARTS) is 1. The fraction of sp³-hybridized carbons (Fsp3) is 0.423. The standard InChI is InChI=1S/C18H15Cl2NO3S.C8H15NO/c1-18(2,3)7-6-11-9-14(15(25-11)17(23)24)21-16(22)12-5-4-10(19)8-13(12)20;1-2-9-7-5-3-4-6-8(9)10/h4-5,8-9H,1-3H3,(H,21,22)(H,23,24);2-7H2,1H3. The Morgan fingerprint density at radius 2 is 1.89 bits per heavy atom. The number of hydrogen-bond donors (Lipinski definition) is 2. The van der Waals surface area contributed by atoms with Crippen molar-refractivity contribution >= 4 is 58.0 Å². The van der Waals surface area contributed by atoms with Gasteiger partial charge in [-0.1, -0.05) is 41.5 Å². The molecule has 35 heavy (non-hydrogen) atoms. The fourth-order valence-corrected chi connectivity index (χ4v) is 4.49. The summed E-state index contributed by atoms with van der Waals surface area (Å²) in [6, 6.07) is 6.01. The average Bonchev–Trinajstić information content (AvgIpc) is 3.05. The van der Waals surface area contributed by atoms with E-state index >= 15 is 0 Å². The normalized spacial score (nSPS) is 13.7. The van der Waals surface area contributed by atoms with Crippen LogP contribution in [0.1, 0.15) is 78.3 Å². The SMILES string of the molecule is CC(C)(C)C#Cc1cc(NC(=O)c2ccc(Cl)cc2Cl)c(C(=O)O)s1.CCN1CCCCCC1=O. The Bertz CT molecular complexity index is 1140. The smallest absolute Gasteiger partial charge is 0.348 e. The van der Waals surface area contributed by atoms with Gasteiger partial charge in [0.1, 0.15) is 4.88 Å². The first-order valence-corrected chi connectivity index (χ1v) is 12.9. The van der Waals surface area contributed by atoms with E-state index in [1.807, 2.05) is 32.6 Å². The highest BCUT2D eigenvalue weighted by molar-refractivity contribution is 7.15. The summed E-state index contributed by atoms with van der Waals surface area (Å²) in [5.74, 6) is 4.68. The first-order valence-electron chi connectivity index (χ1n) is 11.4. The zero-order chi connectivity index (χ0) is 26.2. The van der Waals surface area contributed by atoms with Gasteiger partial charge in [0.25, 0.3) is 5.91 Å². The number of carboxylic acids is 1. The van der Waals surface area contributed by atoms with E-state index in [9.17, 15) is 19.5 Å². The number of nitrogens with one attached hydrogen (secondary N) is 1. The Hall–Kier alpha value is -2.53. The third-order valence-electron chi connectivity index (χ3n) is 4.96. The highest BCUT2D eigenvalue weighted by Crippen LogP contribution is 2.29. The molecule has 0 unspecified atom stereocenters. The van der Waals surface area contributed by atoms with Crippen LogP contribution in [0, 0.1) is 17.3 Å². The maximum absolute atomic E-state index is 12.4. The molecule has 1 fully saturated rings. The summed E-state index contributed by atoms with van der Waals surface area (Å²) in [7, 11) is 0. The number of nitrogens with zero attached hydrogens (tertiary/aromatic N) is 1. The molecule has 0 spiro atoms. The molecule has 0 radical (unpaired) electrons. The molecule has 0 aliphatic carbocycles. The number of likely N-dealkylation sites (tertiary alicyclic amines) is 1. The molecule has 6 nitrogen and oxygen atoms in total. The maximum atomic E-state index is 12.4. The molecule has 2 amide bonds. The van der Waals surface area contributed by atoms with Crippen molar-refractivity contribution in [3.8, 4) is 11.8 Å². The summed E-state index contributed by atoms with van der Waals surface area (Å²) in [5, 5.41) is 12.5. The summed E-state index contributed by atoms with van der Waals surface area (Å²) < 4.78 is 0. The molecule has 2 N–H and O–H groups in total. The van der Waals surface area contributed by atoms with Gasteiger partial charge < -0.3 is 15.3 Å². The first kappa shape index (κ1) is 28.7. The summed E-state index contributed by atoms with van der Waals surface area (Å²) in [5.41, 5.74) is 0.177. The van der Waals surface area contributed by atoms with E-state index in [1.165, 1.54) is 31.0 Å². The molecule has 2 heterocycles. The Balaban J connectivity index is 0.000000360. The van der Waals surface area contributed by atoms with E-state index in [-0.39, 0.29) is 26.6 Å². The second-order valence-corrected chi connectivity index (χ2v) is 10.9. The number of benzene rings is 1. The predicted octanol–water partition coefficient (Wildman–Crippen LogP) is 6.81. The topological polar surface area (TPSA) is 86.7 Å². The van der Waals surface area contributed by atoms with Gasteiger partial charge in [-0.3, -0.25) is 9.59 Å². The van der Waals surface area contributed by atoms with Gasteiger partial charge in [-0.25, -0.2) is 4.79 Å². The minimum absolute atomic E-state index is 0.0108. The minimum Gasteiger partial charge on any atom is -0.477 e. The third kappa shape index (κ3) is 9.21. The van der Waals surface area contributed by atoms with Gasteiger partial charge in [-0.15, -0.1) is 11.3 Å². The van der Waals surface area contributed by atoms with Gasteiger partial charge in [0, 0.05) is 29.9 Å². The Morgan fingerprint density at radius 1 is 1.17 bits per heavy atom. The van der Waals surface area contributed by atoms with Crippen molar-refractivity contribution in [1.82, 2.24) is 4.90 Å².